The third-order valence-electron chi connectivity index (χ3n) is 5.49. The van der Waals surface area contributed by atoms with Crippen molar-refractivity contribution >= 4 is 34.0 Å². The molecule has 34 heavy (non-hydrogen) atoms. The number of rotatable bonds is 10. The van der Waals surface area contributed by atoms with E-state index in [1.165, 1.54) is 11.3 Å². The topological polar surface area (TPSA) is 102 Å². The van der Waals surface area contributed by atoms with E-state index in [2.05, 4.69) is 20.9 Å². The van der Waals surface area contributed by atoms with Gasteiger partial charge in [0.15, 0.2) is 5.13 Å². The summed E-state index contributed by atoms with van der Waals surface area (Å²) in [6, 6.07) is 16.3. The molecule has 9 heteroatoms. The molecule has 1 aliphatic rings. The average Bonchev–Trinajstić information content (AvgIpc) is 3.55. The van der Waals surface area contributed by atoms with E-state index < -0.39 is 11.9 Å². The molecule has 2 unspecified atom stereocenters. The summed E-state index contributed by atoms with van der Waals surface area (Å²) in [7, 11) is 1.60. The largest absolute Gasteiger partial charge is 0.497 e. The fourth-order valence-electron chi connectivity index (χ4n) is 3.69. The molecule has 1 aromatic heterocycles. The van der Waals surface area contributed by atoms with Crippen molar-refractivity contribution in [2.75, 3.05) is 25.6 Å². The van der Waals surface area contributed by atoms with E-state index in [1.54, 1.807) is 12.5 Å². The fourth-order valence-corrected chi connectivity index (χ4v) is 4.40. The second-order valence-electron chi connectivity index (χ2n) is 7.99. The molecule has 178 valence electrons. The standard InChI is InChI=1S/C25H28N4O4S/c1-32-19-10-5-9-18(14-19)27-25-29-22(16-34-25)24(31)28-21(13-17-7-3-2-4-8-17)23(30)26-15-20-11-6-12-33-20/h2-5,7-10,14,16,20-21H,6,11-13,15H2,1H3,(H,26,30)(H,27,29)(H,28,31). The van der Waals surface area contributed by atoms with Gasteiger partial charge < -0.3 is 25.4 Å². The number of ether oxygens (including phenoxy) is 2. The molecule has 1 saturated heterocycles. The van der Waals surface area contributed by atoms with E-state index in [0.717, 1.165) is 36.4 Å². The normalized spacial score (nSPS) is 16.0. The zero-order valence-corrected chi connectivity index (χ0v) is 19.8. The highest BCUT2D eigenvalue weighted by molar-refractivity contribution is 7.14. The number of amides is 2. The number of nitrogens with one attached hydrogen (secondary N) is 3. The van der Waals surface area contributed by atoms with Crippen molar-refractivity contribution in [3.63, 3.8) is 0 Å². The second-order valence-corrected chi connectivity index (χ2v) is 8.85. The minimum atomic E-state index is -0.729. The SMILES string of the molecule is COc1cccc(Nc2nc(C(=O)NC(Cc3ccccc3)C(=O)NCC3CCCO3)cs2)c1. The number of carbonyl (C=O) groups excluding carboxylic acids is 2. The number of carbonyl (C=O) groups is 2. The van der Waals surface area contributed by atoms with E-state index >= 15 is 0 Å². The number of hydrogen-bond donors (Lipinski definition) is 3. The van der Waals surface area contributed by atoms with Gasteiger partial charge in [-0.3, -0.25) is 9.59 Å². The van der Waals surface area contributed by atoms with Crippen LogP contribution < -0.4 is 20.7 Å². The van der Waals surface area contributed by atoms with Gasteiger partial charge in [0.2, 0.25) is 5.91 Å². The number of anilines is 2. The predicted octanol–water partition coefficient (Wildman–Crippen LogP) is 3.53. The highest BCUT2D eigenvalue weighted by Gasteiger charge is 2.25. The van der Waals surface area contributed by atoms with Gasteiger partial charge in [-0.05, 0) is 30.5 Å². The summed E-state index contributed by atoms with van der Waals surface area (Å²) in [5.74, 6) is 0.0816. The van der Waals surface area contributed by atoms with Crippen LogP contribution in [0.5, 0.6) is 5.75 Å². The Hall–Kier alpha value is -3.43. The van der Waals surface area contributed by atoms with E-state index in [9.17, 15) is 9.59 Å². The van der Waals surface area contributed by atoms with Crippen LogP contribution in [0.4, 0.5) is 10.8 Å². The number of hydrogen-bond acceptors (Lipinski definition) is 7. The summed E-state index contributed by atoms with van der Waals surface area (Å²) < 4.78 is 10.8. The van der Waals surface area contributed by atoms with Crippen LogP contribution in [0.1, 0.15) is 28.9 Å². The quantitative estimate of drug-likeness (QED) is 0.410. The van der Waals surface area contributed by atoms with Gasteiger partial charge in [-0.25, -0.2) is 4.98 Å². The molecular weight excluding hydrogens is 452 g/mol. The van der Waals surface area contributed by atoms with Crippen molar-refractivity contribution < 1.29 is 19.1 Å². The van der Waals surface area contributed by atoms with Crippen LogP contribution in [0, 0.1) is 0 Å². The third-order valence-corrected chi connectivity index (χ3v) is 6.25. The summed E-state index contributed by atoms with van der Waals surface area (Å²) in [6.07, 6.45) is 2.34. The lowest BCUT2D eigenvalue weighted by Gasteiger charge is -2.19. The maximum atomic E-state index is 13.0. The van der Waals surface area contributed by atoms with Crippen LogP contribution in [0.2, 0.25) is 0 Å². The molecule has 4 rings (SSSR count). The Morgan fingerprint density at radius 3 is 2.82 bits per heavy atom. The molecule has 1 aliphatic heterocycles. The first kappa shape index (κ1) is 23.7. The zero-order chi connectivity index (χ0) is 23.8. The maximum Gasteiger partial charge on any atom is 0.271 e. The fraction of sp³-hybridized carbons (Fsp3) is 0.320. The van der Waals surface area contributed by atoms with E-state index in [-0.39, 0.29) is 17.7 Å². The summed E-state index contributed by atoms with van der Waals surface area (Å²) in [4.78, 5) is 30.3. The summed E-state index contributed by atoms with van der Waals surface area (Å²) in [5, 5.41) is 11.2. The Balaban J connectivity index is 1.41. The van der Waals surface area contributed by atoms with Crippen LogP contribution in [-0.2, 0) is 16.0 Å². The molecule has 2 amide bonds. The number of aromatic nitrogens is 1. The molecule has 0 saturated carbocycles. The first-order chi connectivity index (χ1) is 16.6. The van der Waals surface area contributed by atoms with Gasteiger partial charge in [0, 0.05) is 36.7 Å². The average molecular weight is 481 g/mol. The second kappa shape index (κ2) is 11.6. The number of nitrogens with zero attached hydrogens (tertiary/aromatic N) is 1. The molecule has 0 spiro atoms. The monoisotopic (exact) mass is 480 g/mol. The van der Waals surface area contributed by atoms with Gasteiger partial charge in [0.1, 0.15) is 17.5 Å². The van der Waals surface area contributed by atoms with Gasteiger partial charge in [0.25, 0.3) is 5.91 Å². The molecule has 0 aliphatic carbocycles. The molecule has 2 aromatic carbocycles. The Kier molecular flexibility index (Phi) is 8.11. The Bertz CT molecular complexity index is 1100. The molecule has 0 bridgehead atoms. The Labute approximate surface area is 202 Å². The lowest BCUT2D eigenvalue weighted by atomic mass is 10.0. The van der Waals surface area contributed by atoms with Crippen molar-refractivity contribution in [1.29, 1.82) is 0 Å². The van der Waals surface area contributed by atoms with Gasteiger partial charge in [0.05, 0.1) is 13.2 Å². The highest BCUT2D eigenvalue weighted by Crippen LogP contribution is 2.24. The van der Waals surface area contributed by atoms with Gasteiger partial charge in [-0.1, -0.05) is 36.4 Å². The maximum absolute atomic E-state index is 13.0. The van der Waals surface area contributed by atoms with Gasteiger partial charge in [-0.2, -0.15) is 0 Å². The number of methoxy groups -OCH3 is 1. The Morgan fingerprint density at radius 2 is 2.06 bits per heavy atom. The van der Waals surface area contributed by atoms with Crippen molar-refractivity contribution in [2.45, 2.75) is 31.4 Å². The van der Waals surface area contributed by atoms with Crippen LogP contribution >= 0.6 is 11.3 Å². The summed E-state index contributed by atoms with van der Waals surface area (Å²) in [5.41, 5.74) is 2.01. The number of thiazole rings is 1. The molecule has 0 radical (unpaired) electrons. The van der Waals surface area contributed by atoms with Crippen molar-refractivity contribution in [3.8, 4) is 5.75 Å². The molecule has 8 nitrogen and oxygen atoms in total. The van der Waals surface area contributed by atoms with E-state index in [0.29, 0.717) is 18.1 Å². The lowest BCUT2D eigenvalue weighted by molar-refractivity contribution is -0.123. The van der Waals surface area contributed by atoms with Gasteiger partial charge >= 0.3 is 0 Å². The molecule has 2 heterocycles. The van der Waals surface area contributed by atoms with Gasteiger partial charge in [-0.15, -0.1) is 11.3 Å². The van der Waals surface area contributed by atoms with E-state index in [1.807, 2.05) is 54.6 Å². The zero-order valence-electron chi connectivity index (χ0n) is 19.0. The lowest BCUT2D eigenvalue weighted by Crippen LogP contribution is -2.49. The first-order valence-electron chi connectivity index (χ1n) is 11.2. The Morgan fingerprint density at radius 1 is 1.21 bits per heavy atom. The molecule has 3 N–H and O–H groups in total. The smallest absolute Gasteiger partial charge is 0.271 e. The van der Waals surface area contributed by atoms with Crippen LogP contribution in [0.15, 0.2) is 60.0 Å². The van der Waals surface area contributed by atoms with Crippen LogP contribution in [0.3, 0.4) is 0 Å². The summed E-state index contributed by atoms with van der Waals surface area (Å²) in [6.45, 7) is 1.16. The minimum absolute atomic E-state index is 0.0285. The molecule has 3 aromatic rings. The first-order valence-corrected chi connectivity index (χ1v) is 12.1. The molecule has 1 fully saturated rings. The van der Waals surface area contributed by atoms with Crippen molar-refractivity contribution in [3.05, 3.63) is 71.2 Å². The van der Waals surface area contributed by atoms with E-state index in [4.69, 9.17) is 9.47 Å². The van der Waals surface area contributed by atoms with Crippen molar-refractivity contribution in [2.24, 2.45) is 0 Å². The van der Waals surface area contributed by atoms with Crippen LogP contribution in [0.25, 0.3) is 0 Å². The van der Waals surface area contributed by atoms with Crippen LogP contribution in [-0.4, -0.2) is 49.2 Å². The molecule has 2 atom stereocenters. The third kappa shape index (κ3) is 6.55. The highest BCUT2D eigenvalue weighted by atomic mass is 32.1. The van der Waals surface area contributed by atoms with Crippen molar-refractivity contribution in [1.82, 2.24) is 15.6 Å². The minimum Gasteiger partial charge on any atom is -0.497 e. The predicted molar refractivity (Wildman–Crippen MR) is 132 cm³/mol. The molecular formula is C25H28N4O4S. The number of benzene rings is 2. The summed E-state index contributed by atoms with van der Waals surface area (Å²) >= 11 is 1.31.